The molecular formula is C22H26N2O5S. The molecule has 0 spiro atoms. The highest BCUT2D eigenvalue weighted by Crippen LogP contribution is 2.14. The van der Waals surface area contributed by atoms with Gasteiger partial charge in [0.05, 0.1) is 5.75 Å². The van der Waals surface area contributed by atoms with E-state index in [0.29, 0.717) is 6.42 Å². The lowest BCUT2D eigenvalue weighted by molar-refractivity contribution is -0.152. The van der Waals surface area contributed by atoms with Gasteiger partial charge in [-0.2, -0.15) is 4.31 Å². The standard InChI is InChI=1S/C22H26N2O5S/c25-21(17-29-22(26)12-11-19-7-3-1-4-8-19)23-13-15-24(16-14-23)30(27,28)18-20-9-5-2-6-10-20/h1-10H,11-18H2. The Kier molecular flexibility index (Phi) is 7.59. The van der Waals surface area contributed by atoms with Gasteiger partial charge in [-0.15, -0.1) is 0 Å². The number of aryl methyl sites for hydroxylation is 1. The molecule has 0 N–H and O–H groups in total. The molecule has 0 aromatic heterocycles. The van der Waals surface area contributed by atoms with Gasteiger partial charge in [-0.25, -0.2) is 8.42 Å². The monoisotopic (exact) mass is 430 g/mol. The average Bonchev–Trinajstić information content (AvgIpc) is 2.77. The van der Waals surface area contributed by atoms with Crippen molar-refractivity contribution in [2.75, 3.05) is 32.8 Å². The van der Waals surface area contributed by atoms with E-state index in [2.05, 4.69) is 0 Å². The summed E-state index contributed by atoms with van der Waals surface area (Å²) in [7, 11) is -3.43. The number of carbonyl (C=O) groups is 2. The quantitative estimate of drug-likeness (QED) is 0.597. The minimum Gasteiger partial charge on any atom is -0.456 e. The molecule has 0 atom stereocenters. The second kappa shape index (κ2) is 10.4. The van der Waals surface area contributed by atoms with Crippen molar-refractivity contribution in [1.29, 1.82) is 0 Å². The molecule has 2 aromatic carbocycles. The van der Waals surface area contributed by atoms with E-state index in [1.165, 1.54) is 4.31 Å². The van der Waals surface area contributed by atoms with E-state index in [9.17, 15) is 18.0 Å². The Morgan fingerprint density at radius 3 is 2.00 bits per heavy atom. The molecule has 7 nitrogen and oxygen atoms in total. The van der Waals surface area contributed by atoms with Crippen LogP contribution < -0.4 is 0 Å². The molecule has 1 aliphatic heterocycles. The molecule has 1 aliphatic rings. The highest BCUT2D eigenvalue weighted by atomic mass is 32.2. The predicted molar refractivity (Wildman–Crippen MR) is 113 cm³/mol. The van der Waals surface area contributed by atoms with Crippen LogP contribution in [0.3, 0.4) is 0 Å². The van der Waals surface area contributed by atoms with Gasteiger partial charge in [-0.05, 0) is 17.5 Å². The van der Waals surface area contributed by atoms with Crippen LogP contribution in [0.25, 0.3) is 0 Å². The van der Waals surface area contributed by atoms with E-state index in [4.69, 9.17) is 4.74 Å². The number of hydrogen-bond acceptors (Lipinski definition) is 5. The number of ether oxygens (including phenoxy) is 1. The highest BCUT2D eigenvalue weighted by molar-refractivity contribution is 7.88. The van der Waals surface area contributed by atoms with Gasteiger partial charge >= 0.3 is 5.97 Å². The van der Waals surface area contributed by atoms with Crippen molar-refractivity contribution >= 4 is 21.9 Å². The molecule has 2 aromatic rings. The van der Waals surface area contributed by atoms with Gasteiger partial charge in [0.15, 0.2) is 6.61 Å². The molecule has 0 bridgehead atoms. The average molecular weight is 431 g/mol. The summed E-state index contributed by atoms with van der Waals surface area (Å²) in [5.74, 6) is -0.777. The van der Waals surface area contributed by atoms with Crippen molar-refractivity contribution < 1.29 is 22.7 Å². The Morgan fingerprint density at radius 1 is 0.833 bits per heavy atom. The fourth-order valence-electron chi connectivity index (χ4n) is 3.29. The van der Waals surface area contributed by atoms with Crippen LogP contribution in [0.2, 0.25) is 0 Å². The third kappa shape index (κ3) is 6.40. The molecule has 1 amide bonds. The maximum absolute atomic E-state index is 12.6. The Hall–Kier alpha value is -2.71. The summed E-state index contributed by atoms with van der Waals surface area (Å²) in [5, 5.41) is 0. The Morgan fingerprint density at radius 2 is 1.40 bits per heavy atom. The molecule has 0 aliphatic carbocycles. The maximum Gasteiger partial charge on any atom is 0.306 e. The number of hydrogen-bond donors (Lipinski definition) is 0. The van der Waals surface area contributed by atoms with Crippen LogP contribution in [0.5, 0.6) is 0 Å². The zero-order valence-corrected chi connectivity index (χ0v) is 17.6. The van der Waals surface area contributed by atoms with Gasteiger partial charge in [-0.1, -0.05) is 60.7 Å². The topological polar surface area (TPSA) is 84.0 Å². The van der Waals surface area contributed by atoms with Crippen molar-refractivity contribution in [3.05, 3.63) is 71.8 Å². The fraction of sp³-hybridized carbons (Fsp3) is 0.364. The largest absolute Gasteiger partial charge is 0.456 e. The van der Waals surface area contributed by atoms with E-state index >= 15 is 0 Å². The van der Waals surface area contributed by atoms with Crippen molar-refractivity contribution in [2.45, 2.75) is 18.6 Å². The van der Waals surface area contributed by atoms with Crippen molar-refractivity contribution in [1.82, 2.24) is 9.21 Å². The van der Waals surface area contributed by atoms with Crippen LogP contribution in [-0.4, -0.2) is 62.3 Å². The Bertz CT molecular complexity index is 940. The summed E-state index contributed by atoms with van der Waals surface area (Å²) >= 11 is 0. The molecule has 1 saturated heterocycles. The minimum absolute atomic E-state index is 0.0547. The number of esters is 1. The second-order valence-electron chi connectivity index (χ2n) is 7.17. The molecule has 0 unspecified atom stereocenters. The molecule has 3 rings (SSSR count). The zero-order chi connectivity index (χ0) is 21.4. The summed E-state index contributed by atoms with van der Waals surface area (Å²) in [6.07, 6.45) is 0.772. The number of rotatable bonds is 8. The first-order chi connectivity index (χ1) is 14.4. The van der Waals surface area contributed by atoms with Crippen molar-refractivity contribution in [2.24, 2.45) is 0 Å². The SMILES string of the molecule is O=C(CCc1ccccc1)OCC(=O)N1CCN(S(=O)(=O)Cc2ccccc2)CC1. The second-order valence-corrected chi connectivity index (χ2v) is 9.14. The summed E-state index contributed by atoms with van der Waals surface area (Å²) in [4.78, 5) is 25.7. The molecule has 160 valence electrons. The summed E-state index contributed by atoms with van der Waals surface area (Å²) in [5.41, 5.74) is 1.77. The third-order valence-corrected chi connectivity index (χ3v) is 6.84. The van der Waals surface area contributed by atoms with Gasteiger partial charge < -0.3 is 9.64 Å². The van der Waals surface area contributed by atoms with Crippen LogP contribution in [0, 0.1) is 0 Å². The molecule has 8 heteroatoms. The summed E-state index contributed by atoms with van der Waals surface area (Å²) < 4.78 is 31.7. The van der Waals surface area contributed by atoms with Crippen molar-refractivity contribution in [3.63, 3.8) is 0 Å². The Balaban J connectivity index is 1.40. The van der Waals surface area contributed by atoms with Crippen LogP contribution in [-0.2, 0) is 36.5 Å². The van der Waals surface area contributed by atoms with Gasteiger partial charge in [-0.3, -0.25) is 9.59 Å². The first kappa shape index (κ1) is 22.0. The first-order valence-corrected chi connectivity index (χ1v) is 11.5. The molecule has 30 heavy (non-hydrogen) atoms. The van der Waals surface area contributed by atoms with Crippen LogP contribution in [0.1, 0.15) is 17.5 Å². The maximum atomic E-state index is 12.6. The van der Waals surface area contributed by atoms with Crippen LogP contribution in [0.4, 0.5) is 0 Å². The van der Waals surface area contributed by atoms with Gasteiger partial charge in [0.25, 0.3) is 5.91 Å². The van der Waals surface area contributed by atoms with Crippen LogP contribution in [0.15, 0.2) is 60.7 Å². The summed E-state index contributed by atoms with van der Waals surface area (Å²) in [6.45, 7) is 0.735. The van der Waals surface area contributed by atoms with Gasteiger partial charge in [0, 0.05) is 32.6 Å². The fourth-order valence-corrected chi connectivity index (χ4v) is 4.80. The summed E-state index contributed by atoms with van der Waals surface area (Å²) in [6, 6.07) is 18.6. The normalized spacial score (nSPS) is 15.0. The molecule has 0 radical (unpaired) electrons. The van der Waals surface area contributed by atoms with E-state index in [1.807, 2.05) is 48.5 Å². The molecule has 1 fully saturated rings. The van der Waals surface area contributed by atoms with Crippen LogP contribution >= 0.6 is 0 Å². The van der Waals surface area contributed by atoms with E-state index in [-0.39, 0.29) is 50.9 Å². The van der Waals surface area contributed by atoms with Crippen molar-refractivity contribution in [3.8, 4) is 0 Å². The number of sulfonamides is 1. The number of amides is 1. The number of nitrogens with zero attached hydrogens (tertiary/aromatic N) is 2. The van der Waals surface area contributed by atoms with E-state index in [0.717, 1.165) is 11.1 Å². The molecule has 1 heterocycles. The highest BCUT2D eigenvalue weighted by Gasteiger charge is 2.29. The molecule has 0 saturated carbocycles. The Labute approximate surface area is 177 Å². The lowest BCUT2D eigenvalue weighted by Crippen LogP contribution is -2.51. The zero-order valence-electron chi connectivity index (χ0n) is 16.8. The van der Waals surface area contributed by atoms with E-state index < -0.39 is 16.0 Å². The number of benzene rings is 2. The van der Waals surface area contributed by atoms with E-state index in [1.54, 1.807) is 17.0 Å². The third-order valence-electron chi connectivity index (χ3n) is 4.99. The predicted octanol–water partition coefficient (Wildman–Crippen LogP) is 1.84. The lowest BCUT2D eigenvalue weighted by Gasteiger charge is -2.33. The lowest BCUT2D eigenvalue weighted by atomic mass is 10.1. The van der Waals surface area contributed by atoms with Gasteiger partial charge in [0.2, 0.25) is 10.0 Å². The number of piperazine rings is 1. The smallest absolute Gasteiger partial charge is 0.306 e. The van der Waals surface area contributed by atoms with Gasteiger partial charge in [0.1, 0.15) is 0 Å². The minimum atomic E-state index is -3.43. The number of carbonyl (C=O) groups excluding carboxylic acids is 2. The molecular weight excluding hydrogens is 404 g/mol. The first-order valence-electron chi connectivity index (χ1n) is 9.93.